The Balaban J connectivity index is 1.34. The van der Waals surface area contributed by atoms with Gasteiger partial charge in [-0.05, 0) is 30.5 Å². The van der Waals surface area contributed by atoms with Gasteiger partial charge in [0.25, 0.3) is 0 Å². The predicted octanol–water partition coefficient (Wildman–Crippen LogP) is 3.41. The summed E-state index contributed by atoms with van der Waals surface area (Å²) in [6.45, 7) is 2.73. The minimum absolute atomic E-state index is 0.438. The normalized spacial score (nSPS) is 17.3. The second kappa shape index (κ2) is 6.96. The molecule has 0 fully saturated rings. The van der Waals surface area contributed by atoms with Gasteiger partial charge in [0, 0.05) is 37.1 Å². The molecule has 1 aliphatic rings. The number of nitrogens with one attached hydrogen (secondary N) is 2. The number of H-pyrrole nitrogens is 2. The smallest absolute Gasteiger partial charge is 0.181 e. The lowest BCUT2D eigenvalue weighted by atomic mass is 9.92. The van der Waals surface area contributed by atoms with Crippen molar-refractivity contribution in [3.8, 4) is 0 Å². The molecule has 5 rings (SSSR count). The van der Waals surface area contributed by atoms with Crippen LogP contribution in [0, 0.1) is 0 Å². The topological polar surface area (TPSA) is 73.5 Å². The molecular weight excluding hydrogens is 336 g/mol. The van der Waals surface area contributed by atoms with Crippen molar-refractivity contribution >= 4 is 11.0 Å². The van der Waals surface area contributed by atoms with Crippen molar-refractivity contribution in [1.29, 1.82) is 0 Å². The van der Waals surface area contributed by atoms with Crippen LogP contribution in [0.4, 0.5) is 0 Å². The molecular formula is C21H22N6. The van der Waals surface area contributed by atoms with Crippen LogP contribution >= 0.6 is 0 Å². The second-order valence-electron chi connectivity index (χ2n) is 7.23. The average Bonchev–Trinajstić information content (AvgIpc) is 3.34. The van der Waals surface area contributed by atoms with E-state index in [0.717, 1.165) is 49.2 Å². The molecule has 4 heterocycles. The first-order valence-electron chi connectivity index (χ1n) is 9.43. The molecule has 1 aliphatic heterocycles. The molecule has 2 N–H and O–H groups in total. The maximum Gasteiger partial charge on any atom is 0.181 e. The van der Waals surface area contributed by atoms with E-state index in [1.807, 2.05) is 12.4 Å². The van der Waals surface area contributed by atoms with E-state index in [2.05, 4.69) is 66.4 Å². The van der Waals surface area contributed by atoms with E-state index in [1.165, 1.54) is 17.0 Å². The van der Waals surface area contributed by atoms with Crippen molar-refractivity contribution in [3.05, 3.63) is 77.6 Å². The van der Waals surface area contributed by atoms with Crippen LogP contribution in [0.3, 0.4) is 0 Å². The summed E-state index contributed by atoms with van der Waals surface area (Å²) in [5, 5.41) is 8.61. The molecule has 3 aromatic heterocycles. The molecule has 0 aliphatic carbocycles. The van der Waals surface area contributed by atoms with E-state index in [4.69, 9.17) is 0 Å². The highest BCUT2D eigenvalue weighted by atomic mass is 15.2. The molecule has 0 spiro atoms. The van der Waals surface area contributed by atoms with Crippen LogP contribution in [0.1, 0.15) is 35.0 Å². The zero-order valence-corrected chi connectivity index (χ0v) is 15.1. The second-order valence-corrected chi connectivity index (χ2v) is 7.23. The number of aryl methyl sites for hydroxylation is 1. The van der Waals surface area contributed by atoms with Crippen molar-refractivity contribution in [1.82, 2.24) is 30.0 Å². The molecule has 1 atom stereocenters. The molecule has 6 heteroatoms. The van der Waals surface area contributed by atoms with Crippen LogP contribution in [-0.4, -0.2) is 36.6 Å². The number of pyridine rings is 1. The van der Waals surface area contributed by atoms with E-state index in [1.54, 1.807) is 6.20 Å². The molecule has 1 unspecified atom stereocenters. The highest BCUT2D eigenvalue weighted by Crippen LogP contribution is 2.30. The summed E-state index contributed by atoms with van der Waals surface area (Å²) in [5.74, 6) is 0.438. The summed E-state index contributed by atoms with van der Waals surface area (Å²) in [6.07, 6.45) is 5.79. The van der Waals surface area contributed by atoms with Gasteiger partial charge in [-0.1, -0.05) is 30.3 Å². The van der Waals surface area contributed by atoms with E-state index in [0.29, 0.717) is 5.92 Å². The number of hydrogen-bond donors (Lipinski definition) is 2. The van der Waals surface area contributed by atoms with E-state index in [-0.39, 0.29) is 0 Å². The molecule has 0 radical (unpaired) electrons. The minimum Gasteiger partial charge on any atom is -0.347 e. The van der Waals surface area contributed by atoms with Crippen molar-refractivity contribution < 1.29 is 0 Å². The zero-order chi connectivity index (χ0) is 18.1. The first-order chi connectivity index (χ1) is 13.4. The summed E-state index contributed by atoms with van der Waals surface area (Å²) >= 11 is 0. The number of rotatable bonds is 5. The summed E-state index contributed by atoms with van der Waals surface area (Å²) in [4.78, 5) is 14.8. The average molecular weight is 358 g/mol. The Morgan fingerprint density at radius 3 is 2.93 bits per heavy atom. The fourth-order valence-electron chi connectivity index (χ4n) is 4.08. The zero-order valence-electron chi connectivity index (χ0n) is 15.1. The number of hydrogen-bond acceptors (Lipinski definition) is 4. The summed E-state index contributed by atoms with van der Waals surface area (Å²) in [6, 6.07) is 14.7. The lowest BCUT2D eigenvalue weighted by Crippen LogP contribution is -2.33. The van der Waals surface area contributed by atoms with Gasteiger partial charge in [0.1, 0.15) is 0 Å². The van der Waals surface area contributed by atoms with Crippen LogP contribution in [0.25, 0.3) is 11.0 Å². The third kappa shape index (κ3) is 3.24. The minimum atomic E-state index is 0.438. The molecule has 0 amide bonds. The van der Waals surface area contributed by atoms with Gasteiger partial charge in [-0.25, -0.2) is 9.97 Å². The highest BCUT2D eigenvalue weighted by Gasteiger charge is 2.28. The molecule has 0 bridgehead atoms. The molecule has 136 valence electrons. The van der Waals surface area contributed by atoms with Crippen molar-refractivity contribution in [3.63, 3.8) is 0 Å². The molecule has 1 aromatic carbocycles. The molecule has 6 nitrogen and oxygen atoms in total. The highest BCUT2D eigenvalue weighted by molar-refractivity contribution is 5.77. The van der Waals surface area contributed by atoms with Gasteiger partial charge in [-0.2, -0.15) is 5.10 Å². The van der Waals surface area contributed by atoms with Gasteiger partial charge in [0.15, 0.2) is 5.65 Å². The SMILES string of the molecule is c1ccc(CCC2CN(Cc3[nH]nc4ncccc34)Cc3[nH]cnc32)cc1. The van der Waals surface area contributed by atoms with Crippen molar-refractivity contribution in [2.45, 2.75) is 31.8 Å². The summed E-state index contributed by atoms with van der Waals surface area (Å²) in [5.41, 5.74) is 5.77. The quantitative estimate of drug-likeness (QED) is 0.573. The van der Waals surface area contributed by atoms with Gasteiger partial charge in [-0.15, -0.1) is 0 Å². The number of aromatic nitrogens is 5. The summed E-state index contributed by atoms with van der Waals surface area (Å²) < 4.78 is 0. The molecule has 0 saturated heterocycles. The van der Waals surface area contributed by atoms with Crippen LogP contribution in [0.15, 0.2) is 55.0 Å². The van der Waals surface area contributed by atoms with Crippen LogP contribution in [0.2, 0.25) is 0 Å². The lowest BCUT2D eigenvalue weighted by molar-refractivity contribution is 0.211. The Morgan fingerprint density at radius 2 is 2.00 bits per heavy atom. The Bertz CT molecular complexity index is 1030. The third-order valence-corrected chi connectivity index (χ3v) is 5.41. The van der Waals surface area contributed by atoms with Crippen LogP contribution in [-0.2, 0) is 19.5 Å². The lowest BCUT2D eigenvalue weighted by Gasteiger charge is -2.31. The number of nitrogens with zero attached hydrogens (tertiary/aromatic N) is 4. The van der Waals surface area contributed by atoms with E-state index < -0.39 is 0 Å². The Labute approximate surface area is 157 Å². The Hall–Kier alpha value is -2.99. The van der Waals surface area contributed by atoms with Crippen LogP contribution in [0.5, 0.6) is 0 Å². The molecule has 4 aromatic rings. The van der Waals surface area contributed by atoms with Gasteiger partial charge < -0.3 is 4.98 Å². The van der Waals surface area contributed by atoms with Gasteiger partial charge in [0.2, 0.25) is 0 Å². The van der Waals surface area contributed by atoms with Crippen molar-refractivity contribution in [2.24, 2.45) is 0 Å². The number of benzene rings is 1. The molecule has 27 heavy (non-hydrogen) atoms. The third-order valence-electron chi connectivity index (χ3n) is 5.41. The summed E-state index contributed by atoms with van der Waals surface area (Å²) in [7, 11) is 0. The first kappa shape index (κ1) is 16.2. The van der Waals surface area contributed by atoms with Crippen molar-refractivity contribution in [2.75, 3.05) is 6.54 Å². The number of fused-ring (bicyclic) bond motifs is 2. The monoisotopic (exact) mass is 358 g/mol. The van der Waals surface area contributed by atoms with E-state index in [9.17, 15) is 0 Å². The Morgan fingerprint density at radius 1 is 1.07 bits per heavy atom. The molecule has 0 saturated carbocycles. The maximum atomic E-state index is 4.62. The largest absolute Gasteiger partial charge is 0.347 e. The standard InChI is InChI=1S/C21H22N6/c1-2-5-15(6-3-1)8-9-16-11-27(13-19-20(16)24-14-23-19)12-18-17-7-4-10-22-21(17)26-25-18/h1-7,10,14,16H,8-9,11-13H2,(H,23,24)(H,22,25,26). The number of imidazole rings is 1. The van der Waals surface area contributed by atoms with Gasteiger partial charge in [0.05, 0.1) is 23.4 Å². The maximum absolute atomic E-state index is 4.62. The van der Waals surface area contributed by atoms with E-state index >= 15 is 0 Å². The number of aromatic amines is 2. The first-order valence-corrected chi connectivity index (χ1v) is 9.43. The fourth-order valence-corrected chi connectivity index (χ4v) is 4.08. The predicted molar refractivity (Wildman–Crippen MR) is 104 cm³/mol. The fraction of sp³-hybridized carbons (Fsp3) is 0.286. The van der Waals surface area contributed by atoms with Crippen LogP contribution < -0.4 is 0 Å². The van der Waals surface area contributed by atoms with Gasteiger partial charge in [-0.3, -0.25) is 10.00 Å². The Kier molecular flexibility index (Phi) is 4.18. The van der Waals surface area contributed by atoms with Gasteiger partial charge >= 0.3 is 0 Å².